The molecule has 6 aromatic carbocycles. The van der Waals surface area contributed by atoms with Crippen molar-refractivity contribution in [2.75, 3.05) is 33.9 Å². The zero-order chi connectivity index (χ0) is 78.1. The Balaban J connectivity index is 0.000000146. The van der Waals surface area contributed by atoms with Gasteiger partial charge in [0.15, 0.2) is 34.6 Å². The van der Waals surface area contributed by atoms with Crippen molar-refractivity contribution in [3.05, 3.63) is 246 Å². The molecular formula is C88H87F3N12O8. The molecule has 111 heavy (non-hydrogen) atoms. The van der Waals surface area contributed by atoms with Crippen LogP contribution >= 0.6 is 0 Å². The Labute approximate surface area is 642 Å². The Morgan fingerprint density at radius 2 is 0.892 bits per heavy atom. The van der Waals surface area contributed by atoms with E-state index in [9.17, 15) is 27.6 Å². The molecule has 9 heterocycles. The van der Waals surface area contributed by atoms with Crippen molar-refractivity contribution in [2.24, 2.45) is 0 Å². The number of carbonyl (C=O) groups is 3. The van der Waals surface area contributed by atoms with Crippen molar-refractivity contribution in [1.82, 2.24) is 57.8 Å². The summed E-state index contributed by atoms with van der Waals surface area (Å²) in [6, 6.07) is 36.8. The van der Waals surface area contributed by atoms with Crippen LogP contribution in [0, 0.1) is 57.0 Å². The number of hydrogen-bond donors (Lipinski definition) is 0. The van der Waals surface area contributed by atoms with Gasteiger partial charge in [0.05, 0.1) is 89.8 Å². The van der Waals surface area contributed by atoms with Gasteiger partial charge in [-0.1, -0.05) is 63.3 Å². The molecule has 0 N–H and O–H groups in total. The summed E-state index contributed by atoms with van der Waals surface area (Å²) in [5, 5.41) is 0. The second-order valence-electron chi connectivity index (χ2n) is 27.3. The molecule has 0 spiro atoms. The van der Waals surface area contributed by atoms with Crippen LogP contribution in [0.5, 0.6) is 46.1 Å². The molecule has 3 saturated heterocycles. The summed E-state index contributed by atoms with van der Waals surface area (Å²) >= 11 is 0. The largest absolute Gasteiger partial charge is 0.494 e. The van der Waals surface area contributed by atoms with Crippen molar-refractivity contribution >= 4 is 34.3 Å². The fourth-order valence-electron chi connectivity index (χ4n) is 14.9. The number of piperidine rings is 2. The Morgan fingerprint density at radius 3 is 1.34 bits per heavy atom. The average Bonchev–Trinajstić information content (AvgIpc) is 1.61. The molecular weight excluding hydrogens is 1410 g/mol. The van der Waals surface area contributed by atoms with E-state index in [1.54, 1.807) is 110 Å². The smallest absolute Gasteiger partial charge is 0.299 e. The van der Waals surface area contributed by atoms with Crippen LogP contribution in [0.2, 0.25) is 0 Å². The number of ether oxygens (including phenoxy) is 5. The van der Waals surface area contributed by atoms with E-state index in [1.165, 1.54) is 19.3 Å². The van der Waals surface area contributed by atoms with Crippen molar-refractivity contribution < 1.29 is 51.2 Å². The molecule has 23 heteroatoms. The third kappa shape index (κ3) is 15.6. The number of aryl methyl sites for hydroxylation is 6. The number of amides is 3. The van der Waals surface area contributed by atoms with Gasteiger partial charge in [0.1, 0.15) is 34.7 Å². The number of likely N-dealkylation sites (tertiary alicyclic amines) is 3. The van der Waals surface area contributed by atoms with Crippen LogP contribution in [0.25, 0.3) is 50.3 Å². The molecule has 0 unspecified atom stereocenters. The zero-order valence-electron chi connectivity index (χ0n) is 63.7. The Kier molecular flexibility index (Phi) is 23.4. The first kappa shape index (κ1) is 76.6. The minimum atomic E-state index is -0.555. The SMILES string of the molecule is C=CC(=O)N1CCCC[C@H]1c1nc(-c2ccc(Oc3cccc(CC)c3F)cc2)c2c(C)ncc(C)n12.C=CC(=O)N1CCC[C@H]1c1nc(-c2ccc(Oc3cccc(CC)c3F)cc2)c2cncc(OC)n12.CC#CC(=O)N1CCCC[C@H]1c1nc(-c2ccc(Oc3cccc(OC)c3F)cc2)c2c(C)ncc(C)n12. The van der Waals surface area contributed by atoms with Crippen LogP contribution in [0.4, 0.5) is 13.2 Å². The number of hydrogen-bond acceptors (Lipinski definition) is 14. The summed E-state index contributed by atoms with van der Waals surface area (Å²) < 4.78 is 78.1. The van der Waals surface area contributed by atoms with Crippen molar-refractivity contribution in [1.29, 1.82) is 0 Å². The van der Waals surface area contributed by atoms with Gasteiger partial charge in [-0.3, -0.25) is 42.5 Å². The van der Waals surface area contributed by atoms with E-state index in [1.807, 2.05) is 117 Å². The van der Waals surface area contributed by atoms with Crippen molar-refractivity contribution in [3.63, 3.8) is 0 Å². The van der Waals surface area contributed by atoms with Gasteiger partial charge in [-0.2, -0.15) is 4.39 Å². The lowest BCUT2D eigenvalue weighted by molar-refractivity contribution is -0.130. The summed E-state index contributed by atoms with van der Waals surface area (Å²) in [7, 11) is 3.00. The molecule has 3 aliphatic heterocycles. The molecule has 0 radical (unpaired) electrons. The zero-order valence-corrected chi connectivity index (χ0v) is 63.7. The van der Waals surface area contributed by atoms with E-state index in [4.69, 9.17) is 38.6 Å². The molecule has 20 nitrogen and oxygen atoms in total. The highest BCUT2D eigenvalue weighted by atomic mass is 19.1. The highest BCUT2D eigenvalue weighted by Crippen LogP contribution is 2.43. The van der Waals surface area contributed by atoms with E-state index < -0.39 is 5.82 Å². The fraction of sp³-hybridized carbons (Fsp3) is 0.284. The maximum Gasteiger partial charge on any atom is 0.299 e. The minimum Gasteiger partial charge on any atom is -0.494 e. The van der Waals surface area contributed by atoms with Crippen molar-refractivity contribution in [2.45, 2.75) is 131 Å². The molecule has 12 aromatic rings. The second kappa shape index (κ2) is 33.9. The molecule has 0 bridgehead atoms. The lowest BCUT2D eigenvalue weighted by atomic mass is 10.0. The van der Waals surface area contributed by atoms with Gasteiger partial charge in [0, 0.05) is 60.1 Å². The molecule has 3 atom stereocenters. The summed E-state index contributed by atoms with van der Waals surface area (Å²) in [5.41, 5.74) is 12.3. The Hall–Kier alpha value is -12.6. The Bertz CT molecular complexity index is 5550. The van der Waals surface area contributed by atoms with E-state index >= 15 is 0 Å². The molecule has 3 amide bonds. The monoisotopic (exact) mass is 1500 g/mol. The summed E-state index contributed by atoms with van der Waals surface area (Å²) in [6.07, 6.45) is 18.2. The number of aromatic nitrogens is 9. The number of imidazole rings is 3. The predicted octanol–water partition coefficient (Wildman–Crippen LogP) is 18.5. The van der Waals surface area contributed by atoms with Crippen LogP contribution in [0.15, 0.2) is 177 Å². The maximum absolute atomic E-state index is 14.7. The number of fused-ring (bicyclic) bond motifs is 3. The number of carbonyl (C=O) groups excluding carboxylic acids is 3. The molecule has 0 aliphatic carbocycles. The fourth-order valence-corrected chi connectivity index (χ4v) is 14.9. The van der Waals surface area contributed by atoms with Crippen LogP contribution in [-0.2, 0) is 27.2 Å². The van der Waals surface area contributed by atoms with Gasteiger partial charge >= 0.3 is 0 Å². The molecule has 0 saturated carbocycles. The van der Waals surface area contributed by atoms with E-state index in [-0.39, 0.29) is 70.5 Å². The third-order valence-electron chi connectivity index (χ3n) is 20.5. The van der Waals surface area contributed by atoms with Gasteiger partial charge in [-0.05, 0) is 225 Å². The lowest BCUT2D eigenvalue weighted by Gasteiger charge is -2.34. The molecule has 568 valence electrons. The number of rotatable bonds is 18. The minimum absolute atomic E-state index is 0.0766. The molecule has 3 aliphatic rings. The highest BCUT2D eigenvalue weighted by molar-refractivity contribution is 5.94. The maximum atomic E-state index is 14.7. The Morgan fingerprint density at radius 1 is 0.486 bits per heavy atom. The number of nitrogens with zero attached hydrogens (tertiary/aromatic N) is 12. The highest BCUT2D eigenvalue weighted by Gasteiger charge is 2.37. The second-order valence-corrected chi connectivity index (χ2v) is 27.3. The van der Waals surface area contributed by atoms with E-state index in [2.05, 4.69) is 48.8 Å². The number of methoxy groups -OCH3 is 2. The normalized spacial score (nSPS) is 15.4. The van der Waals surface area contributed by atoms with Gasteiger partial charge < -0.3 is 38.4 Å². The van der Waals surface area contributed by atoms with Crippen LogP contribution in [0.3, 0.4) is 0 Å². The average molecular weight is 1500 g/mol. The number of halogens is 3. The topological polar surface area (TPSA) is 198 Å². The summed E-state index contributed by atoms with van der Waals surface area (Å²) in [5.74, 6) is 8.88. The van der Waals surface area contributed by atoms with Crippen LogP contribution < -0.4 is 23.7 Å². The van der Waals surface area contributed by atoms with Crippen LogP contribution in [-0.4, -0.2) is 109 Å². The summed E-state index contributed by atoms with van der Waals surface area (Å²) in [6.45, 7) is 22.8. The predicted molar refractivity (Wildman–Crippen MR) is 420 cm³/mol. The van der Waals surface area contributed by atoms with E-state index in [0.29, 0.717) is 78.2 Å². The molecule has 6 aromatic heterocycles. The van der Waals surface area contributed by atoms with Crippen molar-refractivity contribution in [3.8, 4) is 91.7 Å². The molecule has 3 fully saturated rings. The first-order valence-corrected chi connectivity index (χ1v) is 37.3. The quantitative estimate of drug-likeness (QED) is 0.0581. The first-order chi connectivity index (χ1) is 53.9. The standard InChI is InChI=1S/C30H29FN4O3.C30H31FN4O2.C28H27FN4O3/c1-5-9-26(36)34-17-7-6-10-23(34)30-33-28(29-20(3)32-18-19(2)35(29)30)21-13-15-22(16-14-21)38-25-12-8-11-24(37-4)27(25)31;1-5-21-10-9-12-25(27(21)31)37-23-15-13-22(14-16-23)28-29-20(4)32-18-19(3)35(29)30(33-28)24-11-7-8-17-34(24)26(36)6-2;1-4-18-8-6-10-23(26(18)29)36-20-13-11-19(12-14-20)27-22-16-30-17-25(35-3)33(22)28(31-27)21-9-7-15-32(21)24(34)5-2/h8,11-16,18,23H,6-7,10,17H2,1-4H3;6,9-10,12-16,18,24H,2,5,7-8,11,17H2,1,3-4H3;5-6,8,10-14,16-17,21H,2,4,7,9,15H2,1,3H3/t23-;24-;21-/m000/s1. The van der Waals surface area contributed by atoms with Crippen LogP contribution in [0.1, 0.15) is 142 Å². The van der Waals surface area contributed by atoms with Gasteiger partial charge in [0.2, 0.25) is 23.5 Å². The lowest BCUT2D eigenvalue weighted by Crippen LogP contribution is -2.38. The third-order valence-corrected chi connectivity index (χ3v) is 20.5. The molecule has 15 rings (SSSR count). The summed E-state index contributed by atoms with van der Waals surface area (Å²) in [4.78, 5) is 72.3. The van der Waals surface area contributed by atoms with E-state index in [0.717, 1.165) is 130 Å². The first-order valence-electron chi connectivity index (χ1n) is 37.3. The number of benzene rings is 6. The van der Waals surface area contributed by atoms with Gasteiger partial charge in [0.25, 0.3) is 5.91 Å². The van der Waals surface area contributed by atoms with Gasteiger partial charge in [-0.25, -0.2) is 23.7 Å². The van der Waals surface area contributed by atoms with Gasteiger partial charge in [-0.15, -0.1) is 0 Å².